The maximum atomic E-state index is 6.60. The van der Waals surface area contributed by atoms with Crippen LogP contribution in [0.15, 0.2) is 42.0 Å². The van der Waals surface area contributed by atoms with Crippen LogP contribution in [0.2, 0.25) is 0 Å². The summed E-state index contributed by atoms with van der Waals surface area (Å²) in [4.78, 5) is 2.23. The molecule has 25 heavy (non-hydrogen) atoms. The van der Waals surface area contributed by atoms with E-state index in [4.69, 9.17) is 5.73 Å². The van der Waals surface area contributed by atoms with E-state index in [2.05, 4.69) is 75.7 Å². The van der Waals surface area contributed by atoms with Gasteiger partial charge < -0.3 is 35.4 Å². The molecule has 0 bridgehead atoms. The summed E-state index contributed by atoms with van der Waals surface area (Å²) in [5, 5.41) is 0. The van der Waals surface area contributed by atoms with E-state index in [0.717, 1.165) is 25.8 Å². The average molecular weight is 417 g/mol. The van der Waals surface area contributed by atoms with E-state index >= 15 is 0 Å². The van der Waals surface area contributed by atoms with Gasteiger partial charge in [-0.3, -0.25) is 0 Å². The summed E-state index contributed by atoms with van der Waals surface area (Å²) in [6.07, 6.45) is 9.99. The second-order valence-corrected chi connectivity index (χ2v) is 5.83. The van der Waals surface area contributed by atoms with Gasteiger partial charge in [-0.05, 0) is 26.1 Å². The average Bonchev–Trinajstić information content (AvgIpc) is 2.96. The van der Waals surface area contributed by atoms with Crippen LogP contribution in [-0.2, 0) is 21.7 Å². The molecule has 1 aliphatic carbocycles. The minimum atomic E-state index is 0. The van der Waals surface area contributed by atoms with Crippen LogP contribution in [0.3, 0.4) is 0 Å². The fraction of sp³-hybridized carbons (Fsp3) is 0.450. The van der Waals surface area contributed by atoms with Crippen molar-refractivity contribution in [2.24, 2.45) is 0 Å². The Morgan fingerprint density at radius 3 is 2.28 bits per heavy atom. The molecule has 0 aliphatic heterocycles. The predicted octanol–water partition coefficient (Wildman–Crippen LogP) is -0.622. The minimum absolute atomic E-state index is 0. The number of hydrogen-bond acceptors (Lipinski definition) is 1. The number of benzene rings is 1. The molecule has 140 valence electrons. The van der Waals surface area contributed by atoms with Gasteiger partial charge in [0.15, 0.2) is 0 Å². The molecule has 0 aromatic heterocycles. The molecule has 0 spiro atoms. The van der Waals surface area contributed by atoms with E-state index in [9.17, 15) is 0 Å². The van der Waals surface area contributed by atoms with Crippen molar-refractivity contribution in [3.05, 3.63) is 65.3 Å². The Balaban J connectivity index is -0.000000539. The van der Waals surface area contributed by atoms with E-state index in [1.807, 2.05) is 0 Å². The molecular formula is C20H30Cl2N2Ti-2. The summed E-state index contributed by atoms with van der Waals surface area (Å²) in [5.41, 5.74) is 12.3. The number of hydrogen-bond donors (Lipinski definition) is 0. The Labute approximate surface area is 182 Å². The van der Waals surface area contributed by atoms with Gasteiger partial charge in [-0.15, -0.1) is 17.7 Å². The topological polar surface area (TPSA) is 27.0 Å². The van der Waals surface area contributed by atoms with Crippen molar-refractivity contribution in [2.45, 2.75) is 33.1 Å². The van der Waals surface area contributed by atoms with E-state index in [-0.39, 0.29) is 46.5 Å². The van der Waals surface area contributed by atoms with E-state index < -0.39 is 0 Å². The predicted molar refractivity (Wildman–Crippen MR) is 98.8 cm³/mol. The molecule has 0 unspecified atom stereocenters. The molecule has 0 heterocycles. The first-order valence-corrected chi connectivity index (χ1v) is 8.20. The Morgan fingerprint density at radius 2 is 1.80 bits per heavy atom. The third kappa shape index (κ3) is 10.5. The fourth-order valence-corrected chi connectivity index (χ4v) is 2.52. The molecule has 0 atom stereocenters. The molecule has 1 aromatic rings. The van der Waals surface area contributed by atoms with Gasteiger partial charge in [0, 0.05) is 6.54 Å². The van der Waals surface area contributed by atoms with Crippen molar-refractivity contribution < 1.29 is 46.5 Å². The van der Waals surface area contributed by atoms with Crippen molar-refractivity contribution in [1.29, 1.82) is 0 Å². The Morgan fingerprint density at radius 1 is 1.16 bits per heavy atom. The zero-order valence-electron chi connectivity index (χ0n) is 15.8. The molecule has 0 amide bonds. The summed E-state index contributed by atoms with van der Waals surface area (Å²) >= 11 is 0. The maximum absolute atomic E-state index is 6.60. The van der Waals surface area contributed by atoms with Crippen molar-refractivity contribution in [3.8, 4) is 0 Å². The third-order valence-corrected chi connectivity index (χ3v) is 3.64. The number of halogens is 2. The number of likely N-dealkylation sites (N-methyl/N-ethyl adjacent to an activating group) is 1. The second kappa shape index (κ2) is 17.2. The fourth-order valence-electron chi connectivity index (χ4n) is 2.52. The third-order valence-electron chi connectivity index (χ3n) is 3.64. The first kappa shape index (κ1) is 29.5. The van der Waals surface area contributed by atoms with Gasteiger partial charge in [0.2, 0.25) is 0 Å². The summed E-state index contributed by atoms with van der Waals surface area (Å²) in [6.45, 7) is 5.81. The Kier molecular flexibility index (Phi) is 20.3. The van der Waals surface area contributed by atoms with Crippen LogP contribution in [0, 0.1) is 6.42 Å². The van der Waals surface area contributed by atoms with Crippen LogP contribution in [0.1, 0.15) is 44.2 Å². The van der Waals surface area contributed by atoms with E-state index in [1.54, 1.807) is 0 Å². The van der Waals surface area contributed by atoms with Crippen molar-refractivity contribution in [1.82, 2.24) is 4.90 Å². The maximum Gasteiger partial charge on any atom is 2.00 e. The second-order valence-electron chi connectivity index (χ2n) is 5.83. The molecule has 0 saturated carbocycles. The van der Waals surface area contributed by atoms with E-state index in [1.165, 1.54) is 22.3 Å². The molecule has 1 N–H and O–H groups in total. The van der Waals surface area contributed by atoms with Crippen LogP contribution in [0.25, 0.3) is 11.3 Å². The number of nitrogens with one attached hydrogen (secondary N) is 1. The van der Waals surface area contributed by atoms with Gasteiger partial charge in [0.05, 0.1) is 0 Å². The molecule has 1 aliphatic rings. The van der Waals surface area contributed by atoms with Crippen LogP contribution in [0.4, 0.5) is 0 Å². The van der Waals surface area contributed by atoms with Gasteiger partial charge in [-0.25, -0.2) is 0 Å². The monoisotopic (exact) mass is 416 g/mol. The van der Waals surface area contributed by atoms with Gasteiger partial charge >= 0.3 is 21.7 Å². The molecule has 0 fully saturated rings. The van der Waals surface area contributed by atoms with Gasteiger partial charge in [-0.2, -0.15) is 24.6 Å². The van der Waals surface area contributed by atoms with E-state index in [0.29, 0.717) is 6.54 Å². The van der Waals surface area contributed by atoms with Crippen LogP contribution in [-0.4, -0.2) is 32.1 Å². The van der Waals surface area contributed by atoms with Crippen LogP contribution >= 0.6 is 0 Å². The van der Waals surface area contributed by atoms with Crippen LogP contribution < -0.4 is 24.8 Å². The first-order valence-electron chi connectivity index (χ1n) is 8.20. The summed E-state index contributed by atoms with van der Waals surface area (Å²) in [7, 11) is 4.24. The molecule has 0 radical (unpaired) electrons. The summed E-state index contributed by atoms with van der Waals surface area (Å²) in [5.74, 6) is 0. The van der Waals surface area contributed by atoms with Crippen molar-refractivity contribution in [3.63, 3.8) is 0 Å². The van der Waals surface area contributed by atoms with Crippen molar-refractivity contribution in [2.75, 3.05) is 27.2 Å². The quantitative estimate of drug-likeness (QED) is 0.448. The largest absolute Gasteiger partial charge is 2.00 e. The number of allylic oxidation sites excluding steroid dienone is 2. The summed E-state index contributed by atoms with van der Waals surface area (Å²) in [6, 6.07) is 8.65. The minimum Gasteiger partial charge on any atom is -1.00 e. The Hall–Kier alpha value is -0.216. The van der Waals surface area contributed by atoms with Crippen molar-refractivity contribution >= 4 is 5.57 Å². The van der Waals surface area contributed by atoms with Crippen LogP contribution in [0.5, 0.6) is 0 Å². The summed E-state index contributed by atoms with van der Waals surface area (Å²) < 4.78 is 0. The van der Waals surface area contributed by atoms with Gasteiger partial charge in [0.25, 0.3) is 0 Å². The normalized spacial score (nSPS) is 11.8. The smallest absolute Gasteiger partial charge is 1.00 e. The zero-order chi connectivity index (χ0) is 16.4. The molecule has 2 rings (SSSR count). The molecule has 5 heteroatoms. The number of nitrogens with zero attached hydrogens (tertiary/aromatic N) is 1. The molecule has 1 aromatic carbocycles. The molecule has 0 saturated heterocycles. The number of unbranched alkanes of at least 4 members (excludes halogenated alkanes) is 1. The van der Waals surface area contributed by atoms with Gasteiger partial charge in [-0.1, -0.05) is 50.5 Å². The zero-order valence-corrected chi connectivity index (χ0v) is 18.9. The molecule has 2 nitrogen and oxygen atoms in total. The molecular weight excluding hydrogens is 387 g/mol. The first-order chi connectivity index (χ1) is 10.6. The SMILES string of the molecule is CCCC[NH-].C[CH-]c1ccccc1C1=C(CN(C)C)C=CC1.[Cl-].[Cl-].[Ti+2]. The van der Waals surface area contributed by atoms with Gasteiger partial charge in [0.1, 0.15) is 0 Å². The standard InChI is InChI=1S/C16H20N.C4H10N.2ClH.Ti/c1-4-13-8-5-6-10-15(13)16-11-7-9-14(16)12-17(2)3;1-2-3-4-5;;;/h4-10H,11-12H2,1-3H3;5H,2-4H2,1H3;2*1H;/q2*-1;;;+2/p-2. The number of rotatable bonds is 6. The Bertz CT molecular complexity index is 512.